The molecular weight excluding hydrogens is 107 g/mol. The van der Waals surface area contributed by atoms with Gasteiger partial charge in [0.2, 0.25) is 0 Å². The first-order valence-corrected chi connectivity index (χ1v) is 2.83. The average molecular weight is 116 g/mol. The van der Waals surface area contributed by atoms with Gasteiger partial charge in [-0.3, -0.25) is 0 Å². The largest absolute Gasteiger partial charge is 0.303 e. The van der Waals surface area contributed by atoms with Gasteiger partial charge in [0.25, 0.3) is 0 Å². The van der Waals surface area contributed by atoms with Gasteiger partial charge in [-0.1, -0.05) is 6.92 Å². The number of aldehydes is 1. The highest BCUT2D eigenvalue weighted by atomic mass is 19.1. The number of rotatable bonds is 2. The number of halogens is 1. The fraction of sp³-hybridized carbons (Fsp3) is 0.833. The Balaban J connectivity index is 2.45. The van der Waals surface area contributed by atoms with Gasteiger partial charge < -0.3 is 4.79 Å². The topological polar surface area (TPSA) is 17.1 Å². The molecule has 0 bridgehead atoms. The van der Waals surface area contributed by atoms with Gasteiger partial charge >= 0.3 is 0 Å². The van der Waals surface area contributed by atoms with E-state index in [1.54, 1.807) is 6.92 Å². The smallest absolute Gasteiger partial charge is 0.125 e. The van der Waals surface area contributed by atoms with E-state index in [1.807, 2.05) is 0 Å². The van der Waals surface area contributed by atoms with Crippen molar-refractivity contribution in [3.05, 3.63) is 0 Å². The van der Waals surface area contributed by atoms with Crippen molar-refractivity contribution in [2.75, 3.05) is 0 Å². The molecule has 46 valence electrons. The number of carbonyl (C=O) groups is 1. The van der Waals surface area contributed by atoms with Crippen molar-refractivity contribution in [2.24, 2.45) is 5.92 Å². The molecule has 1 aliphatic carbocycles. The standard InChI is InChI=1S/C6H9FO/c1-5(4-8)6(7)2-3-6/h4-5H,2-3H2,1H3. The van der Waals surface area contributed by atoms with Crippen molar-refractivity contribution in [2.45, 2.75) is 25.4 Å². The van der Waals surface area contributed by atoms with E-state index in [9.17, 15) is 9.18 Å². The molecule has 1 nitrogen and oxygen atoms in total. The maximum Gasteiger partial charge on any atom is 0.125 e. The normalized spacial score (nSPS) is 26.8. The Bertz CT molecular complexity index is 107. The lowest BCUT2D eigenvalue weighted by Crippen LogP contribution is -2.14. The second-order valence-electron chi connectivity index (χ2n) is 2.46. The fourth-order valence-electron chi connectivity index (χ4n) is 0.697. The molecule has 8 heavy (non-hydrogen) atoms. The van der Waals surface area contributed by atoms with Gasteiger partial charge in [-0.25, -0.2) is 4.39 Å². The summed E-state index contributed by atoms with van der Waals surface area (Å²) in [7, 11) is 0. The Morgan fingerprint density at radius 3 is 2.38 bits per heavy atom. The molecule has 1 unspecified atom stereocenters. The minimum Gasteiger partial charge on any atom is -0.303 e. The first kappa shape index (κ1) is 5.73. The fourth-order valence-corrected chi connectivity index (χ4v) is 0.697. The van der Waals surface area contributed by atoms with Crippen LogP contribution < -0.4 is 0 Å². The van der Waals surface area contributed by atoms with E-state index >= 15 is 0 Å². The predicted molar refractivity (Wildman–Crippen MR) is 28.3 cm³/mol. The predicted octanol–water partition coefficient (Wildman–Crippen LogP) is 1.32. The average Bonchev–Trinajstić information content (AvgIpc) is 2.47. The van der Waals surface area contributed by atoms with Crippen molar-refractivity contribution in [3.8, 4) is 0 Å². The van der Waals surface area contributed by atoms with Crippen molar-refractivity contribution < 1.29 is 9.18 Å². The highest BCUT2D eigenvalue weighted by molar-refractivity contribution is 5.56. The Morgan fingerprint density at radius 1 is 1.75 bits per heavy atom. The summed E-state index contributed by atoms with van der Waals surface area (Å²) in [5.41, 5.74) is -1.11. The Kier molecular flexibility index (Phi) is 1.10. The Morgan fingerprint density at radius 2 is 2.25 bits per heavy atom. The molecule has 0 aromatic carbocycles. The molecule has 0 aliphatic heterocycles. The number of hydrogen-bond acceptors (Lipinski definition) is 1. The minimum absolute atomic E-state index is 0.387. The summed E-state index contributed by atoms with van der Waals surface area (Å²) in [6, 6.07) is 0. The molecule has 0 saturated heterocycles. The zero-order chi connectivity index (χ0) is 6.20. The summed E-state index contributed by atoms with van der Waals surface area (Å²) >= 11 is 0. The van der Waals surface area contributed by atoms with Gasteiger partial charge in [-0.15, -0.1) is 0 Å². The summed E-state index contributed by atoms with van der Waals surface area (Å²) in [6.45, 7) is 1.62. The van der Waals surface area contributed by atoms with Gasteiger partial charge in [0, 0.05) is 5.92 Å². The highest BCUT2D eigenvalue weighted by Gasteiger charge is 2.47. The van der Waals surface area contributed by atoms with Crippen LogP contribution in [-0.2, 0) is 4.79 Å². The lowest BCUT2D eigenvalue weighted by Gasteiger charge is -2.04. The van der Waals surface area contributed by atoms with Crippen LogP contribution in [0.3, 0.4) is 0 Å². The van der Waals surface area contributed by atoms with Crippen molar-refractivity contribution in [1.29, 1.82) is 0 Å². The second-order valence-corrected chi connectivity index (χ2v) is 2.46. The summed E-state index contributed by atoms with van der Waals surface area (Å²) < 4.78 is 12.7. The van der Waals surface area contributed by atoms with Crippen LogP contribution in [0.15, 0.2) is 0 Å². The molecule has 0 spiro atoms. The molecule has 1 fully saturated rings. The third kappa shape index (κ3) is 0.746. The van der Waals surface area contributed by atoms with Crippen molar-refractivity contribution in [3.63, 3.8) is 0 Å². The first-order chi connectivity index (χ1) is 3.69. The highest BCUT2D eigenvalue weighted by Crippen LogP contribution is 2.45. The van der Waals surface area contributed by atoms with E-state index in [-0.39, 0.29) is 5.92 Å². The molecule has 1 atom stereocenters. The molecular formula is C6H9FO. The molecule has 0 heterocycles. The van der Waals surface area contributed by atoms with Crippen LogP contribution in [-0.4, -0.2) is 12.0 Å². The number of alkyl halides is 1. The van der Waals surface area contributed by atoms with E-state index in [0.717, 1.165) is 0 Å². The van der Waals surface area contributed by atoms with E-state index < -0.39 is 5.67 Å². The zero-order valence-electron chi connectivity index (χ0n) is 4.86. The second kappa shape index (κ2) is 1.54. The summed E-state index contributed by atoms with van der Waals surface area (Å²) in [5, 5.41) is 0. The van der Waals surface area contributed by atoms with Crippen LogP contribution in [0.5, 0.6) is 0 Å². The molecule has 0 N–H and O–H groups in total. The minimum atomic E-state index is -1.11. The first-order valence-electron chi connectivity index (χ1n) is 2.83. The van der Waals surface area contributed by atoms with Gasteiger partial charge in [0.05, 0.1) is 0 Å². The monoisotopic (exact) mass is 116 g/mol. The van der Waals surface area contributed by atoms with Crippen LogP contribution in [0.1, 0.15) is 19.8 Å². The summed E-state index contributed by atoms with van der Waals surface area (Å²) in [4.78, 5) is 9.95. The van der Waals surface area contributed by atoms with Gasteiger partial charge in [-0.05, 0) is 12.8 Å². The molecule has 0 aromatic rings. The molecule has 0 amide bonds. The van der Waals surface area contributed by atoms with Crippen LogP contribution in [0, 0.1) is 5.92 Å². The van der Waals surface area contributed by atoms with Crippen LogP contribution >= 0.6 is 0 Å². The Labute approximate surface area is 47.9 Å². The molecule has 0 aromatic heterocycles. The maximum atomic E-state index is 12.7. The molecule has 1 rings (SSSR count). The number of carbonyl (C=O) groups excluding carboxylic acids is 1. The number of hydrogen-bond donors (Lipinski definition) is 0. The van der Waals surface area contributed by atoms with E-state index in [1.165, 1.54) is 0 Å². The molecule has 1 aliphatic rings. The van der Waals surface area contributed by atoms with Gasteiger partial charge in [-0.2, -0.15) is 0 Å². The molecule has 2 heteroatoms. The SMILES string of the molecule is CC(C=O)C1(F)CC1. The molecule has 1 saturated carbocycles. The summed E-state index contributed by atoms with van der Waals surface area (Å²) in [5.74, 6) is -0.387. The van der Waals surface area contributed by atoms with Crippen molar-refractivity contribution >= 4 is 6.29 Å². The zero-order valence-corrected chi connectivity index (χ0v) is 4.86. The quantitative estimate of drug-likeness (QED) is 0.497. The lowest BCUT2D eigenvalue weighted by molar-refractivity contribution is -0.112. The van der Waals surface area contributed by atoms with E-state index in [0.29, 0.717) is 19.1 Å². The third-order valence-electron chi connectivity index (χ3n) is 1.75. The van der Waals surface area contributed by atoms with Gasteiger partial charge in [0.15, 0.2) is 0 Å². The van der Waals surface area contributed by atoms with Crippen LogP contribution in [0.25, 0.3) is 0 Å². The summed E-state index contributed by atoms with van der Waals surface area (Å²) in [6.07, 6.45) is 1.84. The Hall–Kier alpha value is -0.400. The van der Waals surface area contributed by atoms with Crippen LogP contribution in [0.4, 0.5) is 4.39 Å². The maximum absolute atomic E-state index is 12.7. The van der Waals surface area contributed by atoms with Crippen molar-refractivity contribution in [1.82, 2.24) is 0 Å². The molecule has 0 radical (unpaired) electrons. The van der Waals surface area contributed by atoms with Gasteiger partial charge in [0.1, 0.15) is 12.0 Å². The van der Waals surface area contributed by atoms with Crippen LogP contribution in [0.2, 0.25) is 0 Å². The van der Waals surface area contributed by atoms with E-state index in [2.05, 4.69) is 0 Å². The van der Waals surface area contributed by atoms with E-state index in [4.69, 9.17) is 0 Å². The lowest BCUT2D eigenvalue weighted by atomic mass is 10.1. The third-order valence-corrected chi connectivity index (χ3v) is 1.75.